The van der Waals surface area contributed by atoms with Gasteiger partial charge in [0.2, 0.25) is 0 Å². The van der Waals surface area contributed by atoms with E-state index in [0.717, 1.165) is 24.6 Å². The fraction of sp³-hybridized carbons (Fsp3) is 0.588. The molecule has 124 valence electrons. The van der Waals surface area contributed by atoms with Gasteiger partial charge in [-0.15, -0.1) is 0 Å². The van der Waals surface area contributed by atoms with E-state index in [1.54, 1.807) is 13.0 Å². The predicted molar refractivity (Wildman–Crippen MR) is 91.7 cm³/mol. The minimum absolute atomic E-state index is 0.0304. The molecule has 0 unspecified atom stereocenters. The summed E-state index contributed by atoms with van der Waals surface area (Å²) in [5.74, 6) is 0.602. The Hall–Kier alpha value is -1.62. The van der Waals surface area contributed by atoms with Crippen LogP contribution in [0, 0.1) is 12.7 Å². The maximum absolute atomic E-state index is 13.3. The molecule has 0 aromatic heterocycles. The first-order valence-corrected chi connectivity index (χ1v) is 7.71. The number of nitrogens with one attached hydrogen (secondary N) is 2. The van der Waals surface area contributed by atoms with E-state index in [1.165, 1.54) is 6.07 Å². The quantitative estimate of drug-likeness (QED) is 0.627. The molecule has 0 aliphatic rings. The van der Waals surface area contributed by atoms with Crippen LogP contribution in [-0.2, 0) is 6.54 Å². The smallest absolute Gasteiger partial charge is 0.191 e. The molecule has 0 atom stereocenters. The van der Waals surface area contributed by atoms with Gasteiger partial charge in [-0.1, -0.05) is 12.1 Å². The average Bonchev–Trinajstić information content (AvgIpc) is 2.45. The Labute approximate surface area is 133 Å². The maximum atomic E-state index is 13.3. The third-order valence-electron chi connectivity index (χ3n) is 3.89. The Kier molecular flexibility index (Phi) is 6.81. The lowest BCUT2D eigenvalue weighted by molar-refractivity contribution is 0.197. The van der Waals surface area contributed by atoms with Gasteiger partial charge in [0.15, 0.2) is 5.96 Å². The molecule has 0 radical (unpaired) electrons. The molecule has 0 aliphatic carbocycles. The van der Waals surface area contributed by atoms with Crippen molar-refractivity contribution < 1.29 is 4.39 Å². The zero-order valence-corrected chi connectivity index (χ0v) is 14.6. The zero-order valence-electron chi connectivity index (χ0n) is 14.6. The largest absolute Gasteiger partial charge is 0.357 e. The van der Waals surface area contributed by atoms with E-state index in [1.807, 2.05) is 13.0 Å². The van der Waals surface area contributed by atoms with Gasteiger partial charge in [-0.25, -0.2) is 9.38 Å². The van der Waals surface area contributed by atoms with Crippen LogP contribution in [0.15, 0.2) is 23.2 Å². The second kappa shape index (κ2) is 8.13. The first kappa shape index (κ1) is 18.4. The van der Waals surface area contributed by atoms with E-state index in [0.29, 0.717) is 12.1 Å². The second-order valence-electron chi connectivity index (χ2n) is 6.34. The Morgan fingerprint density at radius 3 is 2.50 bits per heavy atom. The van der Waals surface area contributed by atoms with Crippen LogP contribution in [0.3, 0.4) is 0 Å². The van der Waals surface area contributed by atoms with E-state index in [2.05, 4.69) is 48.5 Å². The number of guanidine groups is 1. The van der Waals surface area contributed by atoms with Crippen LogP contribution in [0.25, 0.3) is 0 Å². The molecule has 0 bridgehead atoms. The number of halogens is 1. The van der Waals surface area contributed by atoms with Crippen molar-refractivity contribution in [3.63, 3.8) is 0 Å². The summed E-state index contributed by atoms with van der Waals surface area (Å²) in [5, 5.41) is 6.60. The fourth-order valence-electron chi connectivity index (χ4n) is 1.78. The summed E-state index contributed by atoms with van der Waals surface area (Å²) in [6.45, 7) is 10.3. The molecular formula is C17H29FN4. The fourth-order valence-corrected chi connectivity index (χ4v) is 1.78. The summed E-state index contributed by atoms with van der Waals surface area (Å²) in [4.78, 5) is 6.74. The van der Waals surface area contributed by atoms with Crippen molar-refractivity contribution in [3.05, 3.63) is 35.1 Å². The Morgan fingerprint density at radius 2 is 1.95 bits per heavy atom. The third kappa shape index (κ3) is 5.64. The van der Waals surface area contributed by atoms with E-state index in [-0.39, 0.29) is 11.4 Å². The summed E-state index contributed by atoms with van der Waals surface area (Å²) in [7, 11) is 4.13. The lowest BCUT2D eigenvalue weighted by Crippen LogP contribution is -2.50. The van der Waals surface area contributed by atoms with Crippen molar-refractivity contribution in [1.29, 1.82) is 0 Å². The van der Waals surface area contributed by atoms with Gasteiger partial charge in [0.05, 0.1) is 6.54 Å². The molecule has 1 aromatic rings. The molecular weight excluding hydrogens is 279 g/mol. The van der Waals surface area contributed by atoms with Crippen molar-refractivity contribution in [2.45, 2.75) is 39.8 Å². The maximum Gasteiger partial charge on any atom is 0.191 e. The first-order valence-electron chi connectivity index (χ1n) is 7.71. The lowest BCUT2D eigenvalue weighted by atomic mass is 10.0. The first-order chi connectivity index (χ1) is 10.3. The molecule has 0 amide bonds. The standard InChI is InChI=1S/C17H29FN4/c1-7-19-16(21-12-17(3,4)22(5)6)20-11-14-8-9-15(18)13(2)10-14/h8-10H,7,11-12H2,1-6H3,(H2,19,20,21). The molecule has 0 saturated heterocycles. The summed E-state index contributed by atoms with van der Waals surface area (Å²) in [6, 6.07) is 5.11. The highest BCUT2D eigenvalue weighted by molar-refractivity contribution is 5.79. The van der Waals surface area contributed by atoms with E-state index < -0.39 is 0 Å². The highest BCUT2D eigenvalue weighted by Gasteiger charge is 2.20. The number of rotatable bonds is 6. The van der Waals surface area contributed by atoms with Gasteiger partial charge < -0.3 is 15.5 Å². The van der Waals surface area contributed by atoms with Crippen LogP contribution in [0.2, 0.25) is 0 Å². The van der Waals surface area contributed by atoms with Crippen molar-refractivity contribution >= 4 is 5.96 Å². The molecule has 0 aliphatic heterocycles. The molecule has 2 N–H and O–H groups in total. The second-order valence-corrected chi connectivity index (χ2v) is 6.34. The van der Waals surface area contributed by atoms with Gasteiger partial charge in [0.25, 0.3) is 0 Å². The molecule has 0 spiro atoms. The van der Waals surface area contributed by atoms with Crippen LogP contribution in [0.5, 0.6) is 0 Å². The van der Waals surface area contributed by atoms with Gasteiger partial charge in [-0.3, -0.25) is 0 Å². The SMILES string of the molecule is CCNC(=NCc1ccc(F)c(C)c1)NCC(C)(C)N(C)C. The third-order valence-corrected chi connectivity index (χ3v) is 3.89. The lowest BCUT2D eigenvalue weighted by Gasteiger charge is -2.33. The Balaban J connectivity index is 2.71. The summed E-state index contributed by atoms with van der Waals surface area (Å²) in [5.41, 5.74) is 1.69. The predicted octanol–water partition coefficient (Wildman–Crippen LogP) is 2.53. The van der Waals surface area contributed by atoms with Crippen molar-refractivity contribution in [2.75, 3.05) is 27.2 Å². The van der Waals surface area contributed by atoms with Gasteiger partial charge in [0, 0.05) is 18.6 Å². The average molecular weight is 308 g/mol. The molecule has 5 heteroatoms. The normalized spacial score (nSPS) is 12.6. The van der Waals surface area contributed by atoms with Crippen LogP contribution in [0.1, 0.15) is 31.9 Å². The molecule has 0 heterocycles. The Bertz CT molecular complexity index is 509. The number of nitrogens with zero attached hydrogens (tertiary/aromatic N) is 2. The number of aryl methyl sites for hydroxylation is 1. The number of hydrogen-bond acceptors (Lipinski definition) is 2. The zero-order chi connectivity index (χ0) is 16.8. The minimum Gasteiger partial charge on any atom is -0.357 e. The van der Waals surface area contributed by atoms with E-state index in [4.69, 9.17) is 0 Å². The highest BCUT2D eigenvalue weighted by Crippen LogP contribution is 2.10. The minimum atomic E-state index is -0.175. The van der Waals surface area contributed by atoms with Crippen LogP contribution in [-0.4, -0.2) is 43.6 Å². The summed E-state index contributed by atoms with van der Waals surface area (Å²) >= 11 is 0. The van der Waals surface area contributed by atoms with Gasteiger partial charge >= 0.3 is 0 Å². The molecule has 0 saturated carbocycles. The Morgan fingerprint density at radius 1 is 1.27 bits per heavy atom. The molecule has 4 nitrogen and oxygen atoms in total. The molecule has 0 fully saturated rings. The monoisotopic (exact) mass is 308 g/mol. The molecule has 1 aromatic carbocycles. The highest BCUT2D eigenvalue weighted by atomic mass is 19.1. The summed E-state index contributed by atoms with van der Waals surface area (Å²) in [6.07, 6.45) is 0. The van der Waals surface area contributed by atoms with Crippen molar-refractivity contribution in [2.24, 2.45) is 4.99 Å². The number of benzene rings is 1. The number of hydrogen-bond donors (Lipinski definition) is 2. The topological polar surface area (TPSA) is 39.7 Å². The van der Waals surface area contributed by atoms with Crippen LogP contribution >= 0.6 is 0 Å². The molecule has 22 heavy (non-hydrogen) atoms. The van der Waals surface area contributed by atoms with E-state index >= 15 is 0 Å². The summed E-state index contributed by atoms with van der Waals surface area (Å²) < 4.78 is 13.3. The van der Waals surface area contributed by atoms with Crippen LogP contribution in [0.4, 0.5) is 4.39 Å². The van der Waals surface area contributed by atoms with Gasteiger partial charge in [-0.2, -0.15) is 0 Å². The van der Waals surface area contributed by atoms with Crippen molar-refractivity contribution in [1.82, 2.24) is 15.5 Å². The van der Waals surface area contributed by atoms with Crippen molar-refractivity contribution in [3.8, 4) is 0 Å². The number of likely N-dealkylation sites (N-methyl/N-ethyl adjacent to an activating group) is 1. The van der Waals surface area contributed by atoms with Crippen LogP contribution < -0.4 is 10.6 Å². The van der Waals surface area contributed by atoms with Gasteiger partial charge in [0.1, 0.15) is 5.82 Å². The van der Waals surface area contributed by atoms with Gasteiger partial charge in [-0.05, 0) is 59.0 Å². The molecule has 1 rings (SSSR count). The number of aliphatic imine (C=N–C) groups is 1. The van der Waals surface area contributed by atoms with E-state index in [9.17, 15) is 4.39 Å².